The third kappa shape index (κ3) is 2.71. The molecule has 5 heteroatoms. The third-order valence-corrected chi connectivity index (χ3v) is 3.13. The summed E-state index contributed by atoms with van der Waals surface area (Å²) in [7, 11) is 0. The number of anilines is 1. The van der Waals surface area contributed by atoms with E-state index in [1.54, 1.807) is 12.3 Å². The summed E-state index contributed by atoms with van der Waals surface area (Å²) >= 11 is 3.30. The molecule has 84 valence electrons. The van der Waals surface area contributed by atoms with E-state index in [0.717, 1.165) is 24.1 Å². The first-order chi connectivity index (χ1) is 7.79. The van der Waals surface area contributed by atoms with Crippen molar-refractivity contribution < 1.29 is 0 Å². The Labute approximate surface area is 103 Å². The molecule has 0 bridgehead atoms. The first kappa shape index (κ1) is 11.4. The summed E-state index contributed by atoms with van der Waals surface area (Å²) in [4.78, 5) is 4.21. The van der Waals surface area contributed by atoms with Crippen LogP contribution in [-0.4, -0.2) is 24.6 Å². The van der Waals surface area contributed by atoms with E-state index in [9.17, 15) is 0 Å². The van der Waals surface area contributed by atoms with Crippen molar-refractivity contribution in [3.63, 3.8) is 0 Å². The lowest BCUT2D eigenvalue weighted by molar-refractivity contribution is 0.614. The number of aromatic nitrogens is 1. The molecule has 1 saturated heterocycles. The van der Waals surface area contributed by atoms with Crippen molar-refractivity contribution in [3.05, 3.63) is 22.3 Å². The molecule has 1 aromatic rings. The van der Waals surface area contributed by atoms with Crippen molar-refractivity contribution in [2.45, 2.75) is 6.42 Å². The lowest BCUT2D eigenvalue weighted by Gasteiger charge is -2.11. The monoisotopic (exact) mass is 280 g/mol. The lowest BCUT2D eigenvalue weighted by Crippen LogP contribution is -2.18. The van der Waals surface area contributed by atoms with Crippen molar-refractivity contribution in [1.29, 1.82) is 5.26 Å². The van der Waals surface area contributed by atoms with Gasteiger partial charge < -0.3 is 10.6 Å². The Bertz CT molecular complexity index is 407. The second kappa shape index (κ2) is 5.28. The predicted octanol–water partition coefficient (Wildman–Crippen LogP) is 1.74. The number of nitrogens with zero attached hydrogens (tertiary/aromatic N) is 2. The van der Waals surface area contributed by atoms with Gasteiger partial charge in [-0.15, -0.1) is 0 Å². The highest BCUT2D eigenvalue weighted by molar-refractivity contribution is 9.10. The molecule has 0 spiro atoms. The van der Waals surface area contributed by atoms with Crippen LogP contribution in [0.25, 0.3) is 0 Å². The minimum Gasteiger partial charge on any atom is -0.369 e. The Morgan fingerprint density at radius 2 is 2.56 bits per heavy atom. The third-order valence-electron chi connectivity index (χ3n) is 2.70. The second-order valence-corrected chi connectivity index (χ2v) is 4.82. The number of hydrogen-bond donors (Lipinski definition) is 2. The highest BCUT2D eigenvalue weighted by Crippen LogP contribution is 2.18. The summed E-state index contributed by atoms with van der Waals surface area (Å²) in [5, 5.41) is 15.5. The summed E-state index contributed by atoms with van der Waals surface area (Å²) < 4.78 is 0.831. The van der Waals surface area contributed by atoms with Gasteiger partial charge in [-0.1, -0.05) is 0 Å². The summed E-state index contributed by atoms with van der Waals surface area (Å²) in [5.74, 6) is 1.31. The second-order valence-electron chi connectivity index (χ2n) is 3.90. The molecule has 2 rings (SSSR count). The van der Waals surface area contributed by atoms with Crippen LogP contribution in [0.15, 0.2) is 16.7 Å². The van der Waals surface area contributed by atoms with Crippen LogP contribution in [0.5, 0.6) is 0 Å². The molecule has 0 saturated carbocycles. The maximum atomic E-state index is 8.97. The molecule has 0 radical (unpaired) electrons. The summed E-state index contributed by atoms with van der Waals surface area (Å²) in [6.07, 6.45) is 2.89. The molecule has 4 nitrogen and oxygen atoms in total. The molecule has 1 aliphatic heterocycles. The fourth-order valence-corrected chi connectivity index (χ4v) is 2.13. The average Bonchev–Trinajstić information content (AvgIpc) is 2.80. The van der Waals surface area contributed by atoms with E-state index in [4.69, 9.17) is 5.26 Å². The summed E-state index contributed by atoms with van der Waals surface area (Å²) in [6, 6.07) is 3.92. The largest absolute Gasteiger partial charge is 0.369 e. The number of pyridine rings is 1. The smallest absolute Gasteiger partial charge is 0.143 e. The van der Waals surface area contributed by atoms with Crippen LogP contribution < -0.4 is 10.6 Å². The highest BCUT2D eigenvalue weighted by Gasteiger charge is 2.14. The molecular weight excluding hydrogens is 268 g/mol. The van der Waals surface area contributed by atoms with Crippen LogP contribution in [0, 0.1) is 17.2 Å². The number of halogens is 1. The Morgan fingerprint density at radius 3 is 3.25 bits per heavy atom. The quantitative estimate of drug-likeness (QED) is 0.886. The Morgan fingerprint density at radius 1 is 1.69 bits per heavy atom. The minimum atomic E-state index is 0.584. The molecule has 2 N–H and O–H groups in total. The van der Waals surface area contributed by atoms with Gasteiger partial charge in [-0.05, 0) is 47.4 Å². The van der Waals surface area contributed by atoms with Crippen molar-refractivity contribution in [3.8, 4) is 6.07 Å². The van der Waals surface area contributed by atoms with Gasteiger partial charge >= 0.3 is 0 Å². The van der Waals surface area contributed by atoms with Crippen LogP contribution in [0.4, 0.5) is 5.82 Å². The Kier molecular flexibility index (Phi) is 3.75. The normalized spacial score (nSPS) is 19.4. The zero-order valence-corrected chi connectivity index (χ0v) is 10.4. The van der Waals surface area contributed by atoms with Gasteiger partial charge in [0.2, 0.25) is 0 Å². The highest BCUT2D eigenvalue weighted by atomic mass is 79.9. The van der Waals surface area contributed by atoms with Gasteiger partial charge in [0, 0.05) is 17.2 Å². The summed E-state index contributed by atoms with van der Waals surface area (Å²) in [6.45, 7) is 3.01. The van der Waals surface area contributed by atoms with Gasteiger partial charge in [0.05, 0.1) is 5.56 Å². The van der Waals surface area contributed by atoms with Crippen molar-refractivity contribution in [2.75, 3.05) is 25.0 Å². The molecule has 16 heavy (non-hydrogen) atoms. The van der Waals surface area contributed by atoms with Gasteiger partial charge in [-0.2, -0.15) is 5.26 Å². The van der Waals surface area contributed by atoms with Crippen LogP contribution in [-0.2, 0) is 0 Å². The van der Waals surface area contributed by atoms with Crippen LogP contribution in [0.2, 0.25) is 0 Å². The predicted molar refractivity (Wildman–Crippen MR) is 66.1 cm³/mol. The molecular formula is C11H13BrN4. The molecule has 0 aromatic carbocycles. The molecule has 0 aliphatic carbocycles. The molecule has 1 unspecified atom stereocenters. The maximum Gasteiger partial charge on any atom is 0.143 e. The zero-order chi connectivity index (χ0) is 11.4. The average molecular weight is 281 g/mol. The lowest BCUT2D eigenvalue weighted by atomic mass is 10.1. The summed E-state index contributed by atoms with van der Waals surface area (Å²) in [5.41, 5.74) is 0.584. The van der Waals surface area contributed by atoms with Gasteiger partial charge in [0.15, 0.2) is 0 Å². The van der Waals surface area contributed by atoms with E-state index in [1.165, 1.54) is 6.42 Å². The zero-order valence-electron chi connectivity index (χ0n) is 8.83. The van der Waals surface area contributed by atoms with E-state index < -0.39 is 0 Å². The van der Waals surface area contributed by atoms with Gasteiger partial charge in [0.1, 0.15) is 11.9 Å². The van der Waals surface area contributed by atoms with Crippen molar-refractivity contribution >= 4 is 21.7 Å². The molecule has 1 aromatic heterocycles. The SMILES string of the molecule is N#Cc1cc(Br)cnc1NCC1CCNC1. The standard InChI is InChI=1S/C11H13BrN4/c12-10-3-9(4-13)11(16-7-10)15-6-8-1-2-14-5-8/h3,7-8,14H,1-2,5-6H2,(H,15,16). The van der Waals surface area contributed by atoms with Crippen LogP contribution >= 0.6 is 15.9 Å². The Balaban J connectivity index is 2.00. The minimum absolute atomic E-state index is 0.584. The van der Waals surface area contributed by atoms with Crippen molar-refractivity contribution in [2.24, 2.45) is 5.92 Å². The molecule has 1 fully saturated rings. The molecule has 1 atom stereocenters. The number of hydrogen-bond acceptors (Lipinski definition) is 4. The topological polar surface area (TPSA) is 60.7 Å². The molecule has 0 amide bonds. The van der Waals surface area contributed by atoms with E-state index in [2.05, 4.69) is 37.6 Å². The fraction of sp³-hybridized carbons (Fsp3) is 0.455. The van der Waals surface area contributed by atoms with Gasteiger partial charge in [-0.25, -0.2) is 4.98 Å². The Hall–Kier alpha value is -1.12. The fourth-order valence-electron chi connectivity index (χ4n) is 1.80. The number of rotatable bonds is 3. The first-order valence-electron chi connectivity index (χ1n) is 5.30. The van der Waals surface area contributed by atoms with Crippen molar-refractivity contribution in [1.82, 2.24) is 10.3 Å². The van der Waals surface area contributed by atoms with E-state index >= 15 is 0 Å². The van der Waals surface area contributed by atoms with Gasteiger partial charge in [0.25, 0.3) is 0 Å². The van der Waals surface area contributed by atoms with Crippen LogP contribution in [0.3, 0.4) is 0 Å². The van der Waals surface area contributed by atoms with E-state index in [1.807, 2.05) is 0 Å². The van der Waals surface area contributed by atoms with E-state index in [-0.39, 0.29) is 0 Å². The molecule has 2 heterocycles. The maximum absolute atomic E-state index is 8.97. The first-order valence-corrected chi connectivity index (χ1v) is 6.09. The molecule has 1 aliphatic rings. The van der Waals surface area contributed by atoms with Crippen LogP contribution in [0.1, 0.15) is 12.0 Å². The number of nitriles is 1. The number of nitrogens with one attached hydrogen (secondary N) is 2. The van der Waals surface area contributed by atoms with E-state index in [0.29, 0.717) is 17.3 Å². The van der Waals surface area contributed by atoms with Gasteiger partial charge in [-0.3, -0.25) is 0 Å².